The van der Waals surface area contributed by atoms with Crippen LogP contribution in [0.1, 0.15) is 43.5 Å². The predicted octanol–water partition coefficient (Wildman–Crippen LogP) is 4.81. The number of hydrogen-bond acceptors (Lipinski definition) is 4. The molecule has 0 unspecified atom stereocenters. The first-order valence-electron chi connectivity index (χ1n) is 12.1. The molecule has 0 atom stereocenters. The number of piperidine rings is 1. The number of phenols is 1. The van der Waals surface area contributed by atoms with Crippen molar-refractivity contribution < 1.29 is 19.0 Å². The van der Waals surface area contributed by atoms with Crippen LogP contribution in [0.15, 0.2) is 48.7 Å². The third-order valence-corrected chi connectivity index (χ3v) is 6.32. The molecule has 0 aliphatic carbocycles. The average molecular weight is 468 g/mol. The van der Waals surface area contributed by atoms with Crippen LogP contribution in [0.2, 0.25) is 0 Å². The van der Waals surface area contributed by atoms with Gasteiger partial charge in [-0.1, -0.05) is 26.0 Å². The van der Waals surface area contributed by atoms with Gasteiger partial charge in [0, 0.05) is 37.8 Å². The number of aromatic nitrogens is 1. The van der Waals surface area contributed by atoms with E-state index in [9.17, 15) is 14.3 Å². The van der Waals surface area contributed by atoms with E-state index in [4.69, 9.17) is 4.74 Å². The molecule has 1 saturated heterocycles. The first-order valence-corrected chi connectivity index (χ1v) is 12.1. The van der Waals surface area contributed by atoms with Gasteiger partial charge in [-0.05, 0) is 62.1 Å². The fraction of sp³-hybridized carbons (Fsp3) is 0.444. The Kier molecular flexibility index (Phi) is 7.73. The zero-order chi connectivity index (χ0) is 24.1. The molecule has 4 rings (SSSR count). The van der Waals surface area contributed by atoms with Crippen molar-refractivity contribution in [3.05, 3.63) is 60.0 Å². The van der Waals surface area contributed by atoms with E-state index in [1.807, 2.05) is 16.8 Å². The van der Waals surface area contributed by atoms with Crippen molar-refractivity contribution in [3.63, 3.8) is 0 Å². The van der Waals surface area contributed by atoms with Crippen molar-refractivity contribution in [1.29, 1.82) is 0 Å². The molecule has 7 heteroatoms. The zero-order valence-corrected chi connectivity index (χ0v) is 20.0. The number of likely N-dealkylation sites (tertiary alicyclic amines) is 1. The number of aryl methyl sites for hydroxylation is 1. The maximum Gasteiger partial charge on any atom is 0.253 e. The zero-order valence-electron chi connectivity index (χ0n) is 20.0. The van der Waals surface area contributed by atoms with Gasteiger partial charge in [-0.15, -0.1) is 0 Å². The highest BCUT2D eigenvalue weighted by Gasteiger charge is 2.21. The molecule has 1 amide bonds. The highest BCUT2D eigenvalue weighted by Crippen LogP contribution is 2.29. The summed E-state index contributed by atoms with van der Waals surface area (Å²) in [5.41, 5.74) is 1.31. The summed E-state index contributed by atoms with van der Waals surface area (Å²) in [6.45, 7) is 8.30. The summed E-state index contributed by atoms with van der Waals surface area (Å²) in [5, 5.41) is 14.2. The number of para-hydroxylation sites is 1. The molecule has 0 spiro atoms. The van der Waals surface area contributed by atoms with Crippen LogP contribution in [-0.2, 0) is 6.54 Å². The van der Waals surface area contributed by atoms with Gasteiger partial charge in [0.2, 0.25) is 0 Å². The number of carbonyl (C=O) groups is 1. The molecule has 182 valence electrons. The summed E-state index contributed by atoms with van der Waals surface area (Å²) in [4.78, 5) is 15.2. The lowest BCUT2D eigenvalue weighted by Gasteiger charge is -2.32. The topological polar surface area (TPSA) is 66.7 Å². The summed E-state index contributed by atoms with van der Waals surface area (Å²) in [7, 11) is 0. The Bertz CT molecular complexity index is 1100. The number of nitrogens with one attached hydrogen (secondary N) is 1. The second-order valence-electron chi connectivity index (χ2n) is 9.48. The maximum absolute atomic E-state index is 13.1. The number of nitrogens with zero attached hydrogens (tertiary/aromatic N) is 2. The summed E-state index contributed by atoms with van der Waals surface area (Å²) in [6.07, 6.45) is 4.80. The predicted molar refractivity (Wildman–Crippen MR) is 132 cm³/mol. The van der Waals surface area contributed by atoms with Crippen molar-refractivity contribution in [2.45, 2.75) is 45.8 Å². The van der Waals surface area contributed by atoms with E-state index in [1.54, 1.807) is 24.3 Å². The Morgan fingerprint density at radius 2 is 1.88 bits per heavy atom. The summed E-state index contributed by atoms with van der Waals surface area (Å²) >= 11 is 0. The number of ether oxygens (including phenoxy) is 1. The van der Waals surface area contributed by atoms with Crippen molar-refractivity contribution in [1.82, 2.24) is 14.8 Å². The minimum atomic E-state index is -0.255. The molecule has 1 aromatic heterocycles. The number of fused-ring (bicyclic) bond motifs is 1. The lowest BCUT2D eigenvalue weighted by molar-refractivity contribution is 0.0950. The monoisotopic (exact) mass is 467 g/mol. The van der Waals surface area contributed by atoms with E-state index in [2.05, 4.69) is 24.1 Å². The fourth-order valence-electron chi connectivity index (χ4n) is 4.51. The quantitative estimate of drug-likeness (QED) is 0.474. The minimum Gasteiger partial charge on any atom is -0.506 e. The molecule has 6 nitrogen and oxygen atoms in total. The minimum absolute atomic E-state index is 0.105. The Labute approximate surface area is 200 Å². The van der Waals surface area contributed by atoms with Crippen LogP contribution in [0.5, 0.6) is 11.5 Å². The molecular formula is C27H34FN3O3. The van der Waals surface area contributed by atoms with Crippen molar-refractivity contribution >= 4 is 16.8 Å². The SMILES string of the molecule is CC(C)CNC(=O)c1cn(CCCN2CCC(Oc3ccc(F)cc3)CC2)c2c(O)cccc12. The van der Waals surface area contributed by atoms with Gasteiger partial charge in [-0.2, -0.15) is 0 Å². The van der Waals surface area contributed by atoms with Crippen LogP contribution in [0.4, 0.5) is 4.39 Å². The van der Waals surface area contributed by atoms with Gasteiger partial charge in [0.15, 0.2) is 0 Å². The first-order chi connectivity index (χ1) is 16.4. The van der Waals surface area contributed by atoms with Gasteiger partial charge in [0.05, 0.1) is 11.1 Å². The normalized spacial score (nSPS) is 15.2. The fourth-order valence-corrected chi connectivity index (χ4v) is 4.51. The molecule has 2 aromatic carbocycles. The van der Waals surface area contributed by atoms with Crippen molar-refractivity contribution in [3.8, 4) is 11.5 Å². The van der Waals surface area contributed by atoms with Gasteiger partial charge >= 0.3 is 0 Å². The molecule has 2 heterocycles. The number of rotatable bonds is 9. The van der Waals surface area contributed by atoms with Crippen molar-refractivity contribution in [2.75, 3.05) is 26.2 Å². The van der Waals surface area contributed by atoms with Crippen LogP contribution in [0.25, 0.3) is 10.9 Å². The number of benzene rings is 2. The van der Waals surface area contributed by atoms with Crippen molar-refractivity contribution in [2.24, 2.45) is 5.92 Å². The number of halogens is 1. The van der Waals surface area contributed by atoms with E-state index >= 15 is 0 Å². The number of phenolic OH excluding ortho intramolecular Hbond substituents is 1. The number of amides is 1. The smallest absolute Gasteiger partial charge is 0.253 e. The largest absolute Gasteiger partial charge is 0.506 e. The Morgan fingerprint density at radius 1 is 1.15 bits per heavy atom. The Hall–Kier alpha value is -3.06. The van der Waals surface area contributed by atoms with Gasteiger partial charge in [0.25, 0.3) is 5.91 Å². The second kappa shape index (κ2) is 10.9. The molecule has 1 aliphatic heterocycles. The van der Waals surface area contributed by atoms with E-state index in [0.29, 0.717) is 29.3 Å². The van der Waals surface area contributed by atoms with Gasteiger partial charge in [-0.25, -0.2) is 4.39 Å². The van der Waals surface area contributed by atoms with Gasteiger partial charge < -0.3 is 24.6 Å². The molecule has 1 aliphatic rings. The van der Waals surface area contributed by atoms with Crippen LogP contribution >= 0.6 is 0 Å². The standard InChI is InChI=1S/C27H34FN3O3/c1-19(2)17-29-27(33)24-18-31(26-23(24)5-3-6-25(26)32)14-4-13-30-15-11-22(12-16-30)34-21-9-7-20(28)8-10-21/h3,5-10,18-19,22,32H,4,11-17H2,1-2H3,(H,29,33). The first kappa shape index (κ1) is 24.1. The lowest BCUT2D eigenvalue weighted by Crippen LogP contribution is -2.38. The molecule has 1 fully saturated rings. The molecular weight excluding hydrogens is 433 g/mol. The Morgan fingerprint density at radius 3 is 2.59 bits per heavy atom. The third kappa shape index (κ3) is 5.89. The van der Waals surface area contributed by atoms with E-state index in [-0.39, 0.29) is 23.6 Å². The van der Waals surface area contributed by atoms with Crippen LogP contribution < -0.4 is 10.1 Å². The number of carbonyl (C=O) groups excluding carboxylic acids is 1. The summed E-state index contributed by atoms with van der Waals surface area (Å²) in [5.74, 6) is 0.919. The highest BCUT2D eigenvalue weighted by molar-refractivity contribution is 6.08. The Balaban J connectivity index is 1.31. The summed E-state index contributed by atoms with van der Waals surface area (Å²) < 4.78 is 21.1. The maximum atomic E-state index is 13.1. The summed E-state index contributed by atoms with van der Waals surface area (Å²) in [6, 6.07) is 11.5. The lowest BCUT2D eigenvalue weighted by atomic mass is 10.1. The average Bonchev–Trinajstić information content (AvgIpc) is 3.20. The van der Waals surface area contributed by atoms with Crippen LogP contribution in [0, 0.1) is 11.7 Å². The van der Waals surface area contributed by atoms with Gasteiger partial charge in [-0.3, -0.25) is 4.79 Å². The second-order valence-corrected chi connectivity index (χ2v) is 9.48. The molecule has 34 heavy (non-hydrogen) atoms. The highest BCUT2D eigenvalue weighted by atomic mass is 19.1. The molecule has 0 saturated carbocycles. The molecule has 2 N–H and O–H groups in total. The third-order valence-electron chi connectivity index (χ3n) is 6.32. The number of aromatic hydroxyl groups is 1. The van der Waals surface area contributed by atoms with E-state index in [0.717, 1.165) is 50.8 Å². The van der Waals surface area contributed by atoms with Crippen LogP contribution in [0.3, 0.4) is 0 Å². The van der Waals surface area contributed by atoms with E-state index in [1.165, 1.54) is 12.1 Å². The van der Waals surface area contributed by atoms with Gasteiger partial charge in [0.1, 0.15) is 23.4 Å². The number of hydrogen-bond donors (Lipinski definition) is 2. The molecule has 3 aromatic rings. The van der Waals surface area contributed by atoms with E-state index < -0.39 is 0 Å². The molecule has 0 bridgehead atoms. The van der Waals surface area contributed by atoms with Crippen LogP contribution in [-0.4, -0.2) is 52.8 Å². The molecule has 0 radical (unpaired) electrons.